The number of nitro benzene ring substituents is 1. The van der Waals surface area contributed by atoms with E-state index in [0.717, 1.165) is 25.1 Å². The monoisotopic (exact) mass is 273 g/mol. The molecule has 5 nitrogen and oxygen atoms in total. The molecule has 1 saturated carbocycles. The van der Waals surface area contributed by atoms with Crippen molar-refractivity contribution in [3.8, 4) is 0 Å². The lowest BCUT2D eigenvalue weighted by molar-refractivity contribution is -0.383. The topological polar surface area (TPSA) is 50.7 Å². The summed E-state index contributed by atoms with van der Waals surface area (Å²) in [6, 6.07) is 5.41. The van der Waals surface area contributed by atoms with Gasteiger partial charge in [0.2, 0.25) is 0 Å². The minimum Gasteiger partial charge on any atom is -0.369 e. The number of rotatable bonds is 4. The fraction of sp³-hybridized carbons (Fsp3) is 0.533. The van der Waals surface area contributed by atoms with Gasteiger partial charge >= 0.3 is 0 Å². The van der Waals surface area contributed by atoms with Gasteiger partial charge in [0.05, 0.1) is 11.5 Å². The molecule has 0 aliphatic heterocycles. The van der Waals surface area contributed by atoms with Crippen LogP contribution in [-0.2, 0) is 0 Å². The highest BCUT2D eigenvalue weighted by atomic mass is 16.6. The summed E-state index contributed by atoms with van der Waals surface area (Å²) in [5, 5.41) is 11.1. The van der Waals surface area contributed by atoms with Gasteiger partial charge in [0.1, 0.15) is 0 Å². The van der Waals surface area contributed by atoms with Gasteiger partial charge < -0.3 is 4.90 Å². The van der Waals surface area contributed by atoms with Crippen molar-refractivity contribution in [2.75, 3.05) is 11.4 Å². The third kappa shape index (κ3) is 2.90. The molecule has 0 aromatic heterocycles. The summed E-state index contributed by atoms with van der Waals surface area (Å²) in [7, 11) is 0. The zero-order valence-corrected chi connectivity index (χ0v) is 11.7. The molecule has 0 radical (unpaired) electrons. The average molecular weight is 273 g/mol. The molecule has 0 spiro atoms. The number of nitro groups is 1. The van der Waals surface area contributed by atoms with Crippen LogP contribution < -0.4 is 4.90 Å². The van der Waals surface area contributed by atoms with Crippen molar-refractivity contribution in [1.82, 2.24) is 0 Å². The van der Waals surface area contributed by atoms with E-state index in [4.69, 9.17) is 6.57 Å². The maximum Gasteiger partial charge on any atom is 0.281 e. The second-order valence-electron chi connectivity index (χ2n) is 5.12. The first-order valence-corrected chi connectivity index (χ1v) is 7.10. The Morgan fingerprint density at radius 3 is 2.65 bits per heavy atom. The lowest BCUT2D eigenvalue weighted by Crippen LogP contribution is -2.36. The third-order valence-electron chi connectivity index (χ3n) is 3.96. The van der Waals surface area contributed by atoms with Gasteiger partial charge in [-0.3, -0.25) is 10.1 Å². The van der Waals surface area contributed by atoms with Crippen LogP contribution in [-0.4, -0.2) is 17.5 Å². The fourth-order valence-electron chi connectivity index (χ4n) is 2.98. The molecule has 0 unspecified atom stereocenters. The van der Waals surface area contributed by atoms with Gasteiger partial charge in [0, 0.05) is 24.3 Å². The summed E-state index contributed by atoms with van der Waals surface area (Å²) in [6.45, 7) is 9.91. The van der Waals surface area contributed by atoms with Gasteiger partial charge in [-0.2, -0.15) is 0 Å². The molecular weight excluding hydrogens is 254 g/mol. The normalized spacial score (nSPS) is 15.6. The first-order valence-electron chi connectivity index (χ1n) is 7.10. The molecular formula is C15H19N3O2. The smallest absolute Gasteiger partial charge is 0.281 e. The van der Waals surface area contributed by atoms with Crippen LogP contribution in [0.2, 0.25) is 0 Å². The number of hydrogen-bond donors (Lipinski definition) is 0. The standard InChI is InChI=1S/C15H19N3O2/c1-3-17(12-7-5-4-6-8-12)13-9-10-14(16-2)15(11-13)18(19)20/h9-12H,3-8H2,1H3. The van der Waals surface area contributed by atoms with E-state index < -0.39 is 4.92 Å². The van der Waals surface area contributed by atoms with Gasteiger partial charge in [0.15, 0.2) is 0 Å². The van der Waals surface area contributed by atoms with Crippen molar-refractivity contribution in [3.05, 3.63) is 39.7 Å². The number of anilines is 1. The van der Waals surface area contributed by atoms with Gasteiger partial charge in [0.25, 0.3) is 11.4 Å². The van der Waals surface area contributed by atoms with Crippen LogP contribution in [0.3, 0.4) is 0 Å². The SMILES string of the molecule is [C-]#[N+]c1ccc(N(CC)C2CCCCC2)cc1[N+](=O)[O-]. The maximum atomic E-state index is 11.1. The van der Waals surface area contributed by atoms with E-state index in [1.807, 2.05) is 6.07 Å². The van der Waals surface area contributed by atoms with Gasteiger partial charge in [-0.1, -0.05) is 19.3 Å². The molecule has 1 aliphatic rings. The highest BCUT2D eigenvalue weighted by molar-refractivity contribution is 5.69. The molecule has 0 N–H and O–H groups in total. The van der Waals surface area contributed by atoms with Crippen LogP contribution >= 0.6 is 0 Å². The van der Waals surface area contributed by atoms with E-state index in [1.54, 1.807) is 12.1 Å². The Morgan fingerprint density at radius 1 is 1.40 bits per heavy atom. The minimum absolute atomic E-state index is 0.0910. The van der Waals surface area contributed by atoms with E-state index in [0.29, 0.717) is 6.04 Å². The molecule has 2 rings (SSSR count). The second kappa shape index (κ2) is 6.38. The zero-order valence-electron chi connectivity index (χ0n) is 11.7. The van der Waals surface area contributed by atoms with E-state index in [-0.39, 0.29) is 11.4 Å². The summed E-state index contributed by atoms with van der Waals surface area (Å²) in [5.41, 5.74) is 0.878. The van der Waals surface area contributed by atoms with Crippen molar-refractivity contribution in [2.24, 2.45) is 0 Å². The zero-order chi connectivity index (χ0) is 14.5. The van der Waals surface area contributed by atoms with Gasteiger partial charge in [-0.25, -0.2) is 4.85 Å². The molecule has 106 valence electrons. The average Bonchev–Trinajstić information content (AvgIpc) is 2.49. The van der Waals surface area contributed by atoms with Gasteiger partial charge in [-0.05, 0) is 31.9 Å². The molecule has 1 aliphatic carbocycles. The second-order valence-corrected chi connectivity index (χ2v) is 5.12. The van der Waals surface area contributed by atoms with Crippen LogP contribution in [0.5, 0.6) is 0 Å². The van der Waals surface area contributed by atoms with Crippen LogP contribution in [0.15, 0.2) is 18.2 Å². The van der Waals surface area contributed by atoms with Crippen molar-refractivity contribution < 1.29 is 4.92 Å². The molecule has 0 bridgehead atoms. The summed E-state index contributed by atoms with van der Waals surface area (Å²) in [5.74, 6) is 0. The van der Waals surface area contributed by atoms with E-state index in [9.17, 15) is 10.1 Å². The molecule has 0 atom stereocenters. The van der Waals surface area contributed by atoms with Crippen molar-refractivity contribution in [3.63, 3.8) is 0 Å². The van der Waals surface area contributed by atoms with E-state index >= 15 is 0 Å². The van der Waals surface area contributed by atoms with Crippen molar-refractivity contribution in [2.45, 2.75) is 45.1 Å². The first kappa shape index (κ1) is 14.3. The largest absolute Gasteiger partial charge is 0.369 e. The highest BCUT2D eigenvalue weighted by Crippen LogP contribution is 2.34. The summed E-state index contributed by atoms with van der Waals surface area (Å²) in [4.78, 5) is 16.1. The molecule has 5 heteroatoms. The molecule has 0 saturated heterocycles. The Morgan fingerprint density at radius 2 is 2.10 bits per heavy atom. The summed E-state index contributed by atoms with van der Waals surface area (Å²) < 4.78 is 0. The van der Waals surface area contributed by atoms with E-state index in [2.05, 4.69) is 16.7 Å². The maximum absolute atomic E-state index is 11.1. The van der Waals surface area contributed by atoms with Gasteiger partial charge in [-0.15, -0.1) is 0 Å². The van der Waals surface area contributed by atoms with Crippen molar-refractivity contribution in [1.29, 1.82) is 0 Å². The molecule has 20 heavy (non-hydrogen) atoms. The molecule has 1 aromatic carbocycles. The highest BCUT2D eigenvalue weighted by Gasteiger charge is 2.23. The summed E-state index contributed by atoms with van der Waals surface area (Å²) in [6.07, 6.45) is 6.02. The minimum atomic E-state index is -0.467. The Bertz CT molecular complexity index is 530. The van der Waals surface area contributed by atoms with Crippen LogP contribution in [0, 0.1) is 16.7 Å². The molecule has 1 fully saturated rings. The third-order valence-corrected chi connectivity index (χ3v) is 3.96. The lowest BCUT2D eigenvalue weighted by Gasteiger charge is -2.35. The quantitative estimate of drug-likeness (QED) is 0.466. The molecule has 0 heterocycles. The lowest BCUT2D eigenvalue weighted by atomic mass is 9.93. The van der Waals surface area contributed by atoms with Crippen LogP contribution in [0.4, 0.5) is 17.1 Å². The fourth-order valence-corrected chi connectivity index (χ4v) is 2.98. The van der Waals surface area contributed by atoms with Crippen molar-refractivity contribution >= 4 is 17.1 Å². The Labute approximate surface area is 119 Å². The van der Waals surface area contributed by atoms with Crippen LogP contribution in [0.25, 0.3) is 4.85 Å². The predicted octanol–water partition coefficient (Wildman–Crippen LogP) is 4.30. The van der Waals surface area contributed by atoms with E-state index in [1.165, 1.54) is 19.3 Å². The number of benzene rings is 1. The predicted molar refractivity (Wildman–Crippen MR) is 79.3 cm³/mol. The number of hydrogen-bond acceptors (Lipinski definition) is 3. The molecule has 0 amide bonds. The van der Waals surface area contributed by atoms with Crippen LogP contribution in [0.1, 0.15) is 39.0 Å². The molecule has 1 aromatic rings. The first-order chi connectivity index (χ1) is 9.67. The Kier molecular flexibility index (Phi) is 4.57. The number of nitrogens with zero attached hydrogens (tertiary/aromatic N) is 3. The Balaban J connectivity index is 2.32. The Hall–Kier alpha value is -2.09. The summed E-state index contributed by atoms with van der Waals surface area (Å²) >= 11 is 0.